The van der Waals surface area contributed by atoms with E-state index < -0.39 is 0 Å². The van der Waals surface area contributed by atoms with Crippen LogP contribution in [0.25, 0.3) is 0 Å². The largest absolute Gasteiger partial charge is 0.392 e. The van der Waals surface area contributed by atoms with E-state index >= 15 is 0 Å². The summed E-state index contributed by atoms with van der Waals surface area (Å²) >= 11 is 0. The Hall–Kier alpha value is -1.61. The Morgan fingerprint density at radius 1 is 1.50 bits per heavy atom. The minimum Gasteiger partial charge on any atom is -0.392 e. The first kappa shape index (κ1) is 10.5. The Morgan fingerprint density at radius 3 is 2.86 bits per heavy atom. The second-order valence-electron chi connectivity index (χ2n) is 2.80. The standard InChI is InChI=1S/C11H13NO2/c1-2-5-11(14)12-10-7-4-3-6-9(10)8-13/h2-7,13H,8H2,1H3,(H,12,14)/b5-2+. The lowest BCUT2D eigenvalue weighted by atomic mass is 10.2. The van der Waals surface area contributed by atoms with Crippen LogP contribution in [-0.4, -0.2) is 11.0 Å². The van der Waals surface area contributed by atoms with Crippen LogP contribution in [0.2, 0.25) is 0 Å². The predicted octanol–water partition coefficient (Wildman–Crippen LogP) is 1.69. The van der Waals surface area contributed by atoms with E-state index in [9.17, 15) is 4.79 Å². The highest BCUT2D eigenvalue weighted by molar-refractivity contribution is 5.99. The summed E-state index contributed by atoms with van der Waals surface area (Å²) in [7, 11) is 0. The molecule has 0 aliphatic heterocycles. The molecule has 3 nitrogen and oxygen atoms in total. The Bertz CT molecular complexity index is 345. The van der Waals surface area contributed by atoms with E-state index in [1.165, 1.54) is 6.08 Å². The number of anilines is 1. The summed E-state index contributed by atoms with van der Waals surface area (Å²) in [6, 6.07) is 7.15. The molecule has 1 aromatic rings. The molecule has 3 heteroatoms. The lowest BCUT2D eigenvalue weighted by Crippen LogP contribution is -2.09. The summed E-state index contributed by atoms with van der Waals surface area (Å²) in [6.45, 7) is 1.70. The highest BCUT2D eigenvalue weighted by atomic mass is 16.3. The summed E-state index contributed by atoms with van der Waals surface area (Å²) in [6.07, 6.45) is 3.10. The average Bonchev–Trinajstić information content (AvgIpc) is 2.19. The molecule has 0 spiro atoms. The van der Waals surface area contributed by atoms with E-state index in [1.807, 2.05) is 12.1 Å². The molecule has 0 aliphatic carbocycles. The molecule has 0 saturated heterocycles. The van der Waals surface area contributed by atoms with E-state index in [1.54, 1.807) is 25.1 Å². The number of amides is 1. The number of rotatable bonds is 3. The summed E-state index contributed by atoms with van der Waals surface area (Å²) in [5.41, 5.74) is 1.36. The van der Waals surface area contributed by atoms with E-state index in [0.29, 0.717) is 11.3 Å². The van der Waals surface area contributed by atoms with Gasteiger partial charge in [0.25, 0.3) is 0 Å². The third-order valence-electron chi connectivity index (χ3n) is 1.76. The minimum atomic E-state index is -0.187. The fourth-order valence-corrected chi connectivity index (χ4v) is 1.11. The van der Waals surface area contributed by atoms with Crippen molar-refractivity contribution in [1.82, 2.24) is 0 Å². The fraction of sp³-hybridized carbons (Fsp3) is 0.182. The summed E-state index contributed by atoms with van der Waals surface area (Å²) in [5, 5.41) is 11.7. The van der Waals surface area contributed by atoms with Crippen molar-refractivity contribution in [1.29, 1.82) is 0 Å². The van der Waals surface area contributed by atoms with Gasteiger partial charge in [-0.15, -0.1) is 0 Å². The molecule has 1 amide bonds. The maximum Gasteiger partial charge on any atom is 0.248 e. The maximum absolute atomic E-state index is 11.2. The number of allylic oxidation sites excluding steroid dienone is 1. The van der Waals surface area contributed by atoms with Gasteiger partial charge in [0.05, 0.1) is 6.61 Å². The monoisotopic (exact) mass is 191 g/mol. The first-order chi connectivity index (χ1) is 6.77. The first-order valence-electron chi connectivity index (χ1n) is 4.40. The highest BCUT2D eigenvalue weighted by Crippen LogP contribution is 2.14. The predicted molar refractivity (Wildman–Crippen MR) is 55.8 cm³/mol. The zero-order chi connectivity index (χ0) is 10.4. The van der Waals surface area contributed by atoms with Crippen LogP contribution >= 0.6 is 0 Å². The van der Waals surface area contributed by atoms with Crippen molar-refractivity contribution in [2.24, 2.45) is 0 Å². The van der Waals surface area contributed by atoms with Gasteiger partial charge in [-0.3, -0.25) is 4.79 Å². The van der Waals surface area contributed by atoms with Gasteiger partial charge in [-0.05, 0) is 19.1 Å². The van der Waals surface area contributed by atoms with Gasteiger partial charge in [-0.2, -0.15) is 0 Å². The minimum absolute atomic E-state index is 0.0771. The van der Waals surface area contributed by atoms with Gasteiger partial charge >= 0.3 is 0 Å². The molecule has 1 aromatic carbocycles. The van der Waals surface area contributed by atoms with Crippen LogP contribution in [0, 0.1) is 0 Å². The Morgan fingerprint density at radius 2 is 2.21 bits per heavy atom. The van der Waals surface area contributed by atoms with Crippen molar-refractivity contribution in [3.63, 3.8) is 0 Å². The normalized spacial score (nSPS) is 10.4. The molecule has 0 saturated carbocycles. The second-order valence-corrected chi connectivity index (χ2v) is 2.80. The molecule has 2 N–H and O–H groups in total. The van der Waals surface area contributed by atoms with Gasteiger partial charge in [0.15, 0.2) is 0 Å². The number of aliphatic hydroxyl groups is 1. The summed E-state index contributed by atoms with van der Waals surface area (Å²) < 4.78 is 0. The molecule has 0 fully saturated rings. The van der Waals surface area contributed by atoms with Crippen LogP contribution < -0.4 is 5.32 Å². The molecule has 74 valence electrons. The van der Waals surface area contributed by atoms with Gasteiger partial charge in [-0.25, -0.2) is 0 Å². The molecule has 0 aliphatic rings. The number of nitrogens with one attached hydrogen (secondary N) is 1. The first-order valence-corrected chi connectivity index (χ1v) is 4.40. The number of para-hydroxylation sites is 1. The molecule has 0 radical (unpaired) electrons. The molecule has 0 unspecified atom stereocenters. The Balaban J connectivity index is 2.80. The molecule has 1 rings (SSSR count). The summed E-state index contributed by atoms with van der Waals surface area (Å²) in [5.74, 6) is -0.187. The van der Waals surface area contributed by atoms with Crippen molar-refractivity contribution in [2.75, 3.05) is 5.32 Å². The molecule has 0 heterocycles. The smallest absolute Gasteiger partial charge is 0.248 e. The molecule has 0 atom stereocenters. The third kappa shape index (κ3) is 2.71. The van der Waals surface area contributed by atoms with Gasteiger partial charge in [0, 0.05) is 11.3 Å². The zero-order valence-corrected chi connectivity index (χ0v) is 8.03. The molecular weight excluding hydrogens is 178 g/mol. The van der Waals surface area contributed by atoms with E-state index in [2.05, 4.69) is 5.32 Å². The number of aliphatic hydroxyl groups excluding tert-OH is 1. The lowest BCUT2D eigenvalue weighted by Gasteiger charge is -2.06. The van der Waals surface area contributed by atoms with Crippen molar-refractivity contribution in [2.45, 2.75) is 13.5 Å². The van der Waals surface area contributed by atoms with E-state index in [0.717, 1.165) is 0 Å². The molecule has 0 aromatic heterocycles. The van der Waals surface area contributed by atoms with Gasteiger partial charge in [0.1, 0.15) is 0 Å². The number of hydrogen-bond acceptors (Lipinski definition) is 2. The van der Waals surface area contributed by atoms with E-state index in [-0.39, 0.29) is 12.5 Å². The van der Waals surface area contributed by atoms with Crippen LogP contribution in [0.1, 0.15) is 12.5 Å². The van der Waals surface area contributed by atoms with E-state index in [4.69, 9.17) is 5.11 Å². The fourth-order valence-electron chi connectivity index (χ4n) is 1.11. The highest BCUT2D eigenvalue weighted by Gasteiger charge is 2.01. The number of carbonyl (C=O) groups is 1. The molecular formula is C11H13NO2. The number of carbonyl (C=O) groups excluding carboxylic acids is 1. The van der Waals surface area contributed by atoms with Crippen LogP contribution in [0.5, 0.6) is 0 Å². The topological polar surface area (TPSA) is 49.3 Å². The molecule has 0 bridgehead atoms. The van der Waals surface area contributed by atoms with Gasteiger partial charge in [-0.1, -0.05) is 24.3 Å². The van der Waals surface area contributed by atoms with Crippen LogP contribution in [-0.2, 0) is 11.4 Å². The maximum atomic E-state index is 11.2. The van der Waals surface area contributed by atoms with Crippen molar-refractivity contribution in [3.8, 4) is 0 Å². The number of benzene rings is 1. The van der Waals surface area contributed by atoms with Crippen molar-refractivity contribution < 1.29 is 9.90 Å². The quantitative estimate of drug-likeness (QED) is 0.714. The second kappa shape index (κ2) is 5.19. The van der Waals surface area contributed by atoms with Crippen LogP contribution in [0.3, 0.4) is 0 Å². The van der Waals surface area contributed by atoms with Crippen LogP contribution in [0.4, 0.5) is 5.69 Å². The van der Waals surface area contributed by atoms with Crippen molar-refractivity contribution >= 4 is 11.6 Å². The average molecular weight is 191 g/mol. The number of hydrogen-bond donors (Lipinski definition) is 2. The SMILES string of the molecule is C/C=C/C(=O)Nc1ccccc1CO. The Labute approximate surface area is 83.1 Å². The van der Waals surface area contributed by atoms with Crippen LogP contribution in [0.15, 0.2) is 36.4 Å². The molecule has 14 heavy (non-hydrogen) atoms. The lowest BCUT2D eigenvalue weighted by molar-refractivity contribution is -0.111. The summed E-state index contributed by atoms with van der Waals surface area (Å²) in [4.78, 5) is 11.2. The van der Waals surface area contributed by atoms with Gasteiger partial charge in [0.2, 0.25) is 5.91 Å². The zero-order valence-electron chi connectivity index (χ0n) is 8.03. The third-order valence-corrected chi connectivity index (χ3v) is 1.76. The Kier molecular flexibility index (Phi) is 3.88. The van der Waals surface area contributed by atoms with Gasteiger partial charge < -0.3 is 10.4 Å². The van der Waals surface area contributed by atoms with Crippen molar-refractivity contribution in [3.05, 3.63) is 42.0 Å².